The van der Waals surface area contributed by atoms with Gasteiger partial charge >= 0.3 is 6.03 Å². The molecule has 8 heteroatoms. The molecule has 1 atom stereocenters. The van der Waals surface area contributed by atoms with E-state index in [2.05, 4.69) is 5.32 Å². The molecule has 3 rings (SSSR count). The third-order valence-electron chi connectivity index (χ3n) is 4.49. The maximum atomic E-state index is 13.0. The van der Waals surface area contributed by atoms with Gasteiger partial charge in [-0.25, -0.2) is 9.69 Å². The number of anilines is 1. The average molecular weight is 384 g/mol. The second-order valence-electron chi connectivity index (χ2n) is 6.05. The highest BCUT2D eigenvalue weighted by molar-refractivity contribution is 6.27. The predicted molar refractivity (Wildman–Crippen MR) is 101 cm³/mol. The molecule has 0 radical (unpaired) electrons. The number of carbonyl (C=O) groups excluding carboxylic acids is 3. The molecule has 8 nitrogen and oxygen atoms in total. The van der Waals surface area contributed by atoms with E-state index >= 15 is 0 Å². The topological polar surface area (TPSA) is 94.2 Å². The van der Waals surface area contributed by atoms with Gasteiger partial charge in [-0.2, -0.15) is 0 Å². The van der Waals surface area contributed by atoms with Crippen molar-refractivity contribution in [1.29, 1.82) is 0 Å². The Morgan fingerprint density at radius 1 is 0.893 bits per heavy atom. The van der Waals surface area contributed by atoms with Gasteiger partial charge in [0.1, 0.15) is 5.92 Å². The Hall–Kier alpha value is -3.55. The highest BCUT2D eigenvalue weighted by Crippen LogP contribution is 2.41. The molecule has 4 amide bonds. The first-order valence-electron chi connectivity index (χ1n) is 8.53. The lowest BCUT2D eigenvalue weighted by Crippen LogP contribution is -2.58. The zero-order valence-electron chi connectivity index (χ0n) is 15.7. The number of ether oxygens (including phenoxy) is 3. The minimum Gasteiger partial charge on any atom is -0.493 e. The summed E-state index contributed by atoms with van der Waals surface area (Å²) in [6.45, 7) is 0. The number of benzene rings is 2. The summed E-state index contributed by atoms with van der Waals surface area (Å²) in [5.74, 6) is -1.16. The number of hydrogen-bond acceptors (Lipinski definition) is 6. The Morgan fingerprint density at radius 3 is 2.18 bits per heavy atom. The summed E-state index contributed by atoms with van der Waals surface area (Å²) >= 11 is 0. The number of amides is 4. The molecule has 0 spiro atoms. The highest BCUT2D eigenvalue weighted by Gasteiger charge is 2.41. The molecular weight excluding hydrogens is 364 g/mol. The number of urea groups is 1. The molecule has 0 bridgehead atoms. The van der Waals surface area contributed by atoms with Crippen LogP contribution in [0.4, 0.5) is 10.5 Å². The van der Waals surface area contributed by atoms with Gasteiger partial charge in [-0.1, -0.05) is 24.3 Å². The Balaban J connectivity index is 1.96. The molecule has 0 saturated carbocycles. The minimum atomic E-state index is -1.09. The number of hydrogen-bond donors (Lipinski definition) is 1. The Kier molecular flexibility index (Phi) is 5.49. The van der Waals surface area contributed by atoms with Gasteiger partial charge in [-0.15, -0.1) is 0 Å². The zero-order chi connectivity index (χ0) is 20.3. The summed E-state index contributed by atoms with van der Waals surface area (Å²) < 4.78 is 16.0. The van der Waals surface area contributed by atoms with Gasteiger partial charge in [-0.05, 0) is 30.2 Å². The standard InChI is InChI=1S/C20H20N2O6/c1-26-15-10-9-12(16(27-2)17(15)28-3)11-14-18(23)21-20(25)22(19(14)24)13-7-5-4-6-8-13/h4-10,14H,11H2,1-3H3,(H,21,23,25)/t14-/m0/s1. The first-order valence-corrected chi connectivity index (χ1v) is 8.53. The van der Waals surface area contributed by atoms with Crippen LogP contribution in [0.15, 0.2) is 42.5 Å². The Morgan fingerprint density at radius 2 is 1.57 bits per heavy atom. The molecule has 2 aromatic rings. The van der Waals surface area contributed by atoms with Gasteiger partial charge in [0, 0.05) is 0 Å². The Bertz CT molecular complexity index is 912. The summed E-state index contributed by atoms with van der Waals surface area (Å²) in [5, 5.41) is 2.25. The zero-order valence-corrected chi connectivity index (χ0v) is 15.7. The van der Waals surface area contributed by atoms with Crippen LogP contribution in [0.3, 0.4) is 0 Å². The Labute approximate surface area is 162 Å². The lowest BCUT2D eigenvalue weighted by atomic mass is 9.94. The highest BCUT2D eigenvalue weighted by atomic mass is 16.5. The van der Waals surface area contributed by atoms with E-state index in [4.69, 9.17) is 14.2 Å². The van der Waals surface area contributed by atoms with Crippen molar-refractivity contribution >= 4 is 23.5 Å². The number of nitrogens with one attached hydrogen (secondary N) is 1. The summed E-state index contributed by atoms with van der Waals surface area (Å²) in [6.07, 6.45) is 0.0325. The molecule has 1 saturated heterocycles. The third-order valence-corrected chi connectivity index (χ3v) is 4.49. The monoisotopic (exact) mass is 384 g/mol. The fourth-order valence-electron chi connectivity index (χ4n) is 3.16. The molecule has 1 heterocycles. The van der Waals surface area contributed by atoms with Crippen LogP contribution in [-0.4, -0.2) is 39.2 Å². The van der Waals surface area contributed by atoms with Gasteiger partial charge in [-0.3, -0.25) is 14.9 Å². The quantitative estimate of drug-likeness (QED) is 0.767. The van der Waals surface area contributed by atoms with Crippen molar-refractivity contribution in [2.75, 3.05) is 26.2 Å². The normalized spacial score (nSPS) is 16.6. The summed E-state index contributed by atoms with van der Waals surface area (Å²) in [5.41, 5.74) is 0.970. The molecule has 1 fully saturated rings. The van der Waals surface area contributed by atoms with Gasteiger partial charge in [0.05, 0.1) is 27.0 Å². The van der Waals surface area contributed by atoms with Crippen LogP contribution in [0, 0.1) is 5.92 Å². The average Bonchev–Trinajstić information content (AvgIpc) is 2.70. The molecular formula is C20H20N2O6. The first kappa shape index (κ1) is 19.2. The fourth-order valence-corrected chi connectivity index (χ4v) is 3.16. The van der Waals surface area contributed by atoms with E-state index in [-0.39, 0.29) is 6.42 Å². The number of imide groups is 2. The summed E-state index contributed by atoms with van der Waals surface area (Å²) in [6, 6.07) is 11.0. The molecule has 0 aromatic heterocycles. The van der Waals surface area contributed by atoms with Crippen LogP contribution in [0.1, 0.15) is 5.56 Å². The van der Waals surface area contributed by atoms with Gasteiger partial charge in [0.25, 0.3) is 0 Å². The predicted octanol–water partition coefficient (Wildman–Crippen LogP) is 2.15. The molecule has 0 aliphatic carbocycles. The second kappa shape index (κ2) is 7.99. The molecule has 28 heavy (non-hydrogen) atoms. The van der Waals surface area contributed by atoms with Crippen LogP contribution >= 0.6 is 0 Å². The molecule has 1 aliphatic rings. The van der Waals surface area contributed by atoms with Crippen LogP contribution in [0.5, 0.6) is 17.2 Å². The van der Waals surface area contributed by atoms with Gasteiger partial charge < -0.3 is 14.2 Å². The van der Waals surface area contributed by atoms with Crippen LogP contribution in [0.25, 0.3) is 0 Å². The SMILES string of the molecule is COc1ccc(C[C@H]2C(=O)NC(=O)N(c3ccccc3)C2=O)c(OC)c1OC. The number of rotatable bonds is 6. The minimum absolute atomic E-state index is 0.0325. The maximum absolute atomic E-state index is 13.0. The molecule has 0 unspecified atom stereocenters. The van der Waals surface area contributed by atoms with Crippen LogP contribution in [0.2, 0.25) is 0 Å². The third kappa shape index (κ3) is 3.36. The van der Waals surface area contributed by atoms with Crippen molar-refractivity contribution in [2.45, 2.75) is 6.42 Å². The van der Waals surface area contributed by atoms with Gasteiger partial charge in [0.2, 0.25) is 17.6 Å². The van der Waals surface area contributed by atoms with E-state index in [1.807, 2.05) is 0 Å². The van der Waals surface area contributed by atoms with E-state index in [9.17, 15) is 14.4 Å². The number of para-hydroxylation sites is 1. The van der Waals surface area contributed by atoms with E-state index in [0.29, 0.717) is 28.5 Å². The largest absolute Gasteiger partial charge is 0.493 e. The number of carbonyl (C=O) groups is 3. The van der Waals surface area contributed by atoms with Crippen molar-refractivity contribution in [2.24, 2.45) is 5.92 Å². The van der Waals surface area contributed by atoms with Crippen molar-refractivity contribution < 1.29 is 28.6 Å². The van der Waals surface area contributed by atoms with Crippen LogP contribution in [-0.2, 0) is 16.0 Å². The number of methoxy groups -OCH3 is 3. The van der Waals surface area contributed by atoms with E-state index in [1.165, 1.54) is 21.3 Å². The number of barbiturate groups is 1. The van der Waals surface area contributed by atoms with Crippen molar-refractivity contribution in [1.82, 2.24) is 5.32 Å². The maximum Gasteiger partial charge on any atom is 0.335 e. The smallest absolute Gasteiger partial charge is 0.335 e. The van der Waals surface area contributed by atoms with E-state index in [0.717, 1.165) is 4.90 Å². The van der Waals surface area contributed by atoms with Gasteiger partial charge in [0.15, 0.2) is 11.5 Å². The van der Waals surface area contributed by atoms with Crippen molar-refractivity contribution in [3.8, 4) is 17.2 Å². The van der Waals surface area contributed by atoms with Crippen LogP contribution < -0.4 is 24.4 Å². The molecule has 1 N–H and O–H groups in total. The lowest BCUT2D eigenvalue weighted by molar-refractivity contribution is -0.134. The molecule has 1 aliphatic heterocycles. The summed E-state index contributed by atoms with van der Waals surface area (Å²) in [7, 11) is 4.43. The lowest BCUT2D eigenvalue weighted by Gasteiger charge is -2.30. The van der Waals surface area contributed by atoms with Crippen molar-refractivity contribution in [3.05, 3.63) is 48.0 Å². The second-order valence-corrected chi connectivity index (χ2v) is 6.05. The molecule has 146 valence electrons. The van der Waals surface area contributed by atoms with E-state index < -0.39 is 23.8 Å². The first-order chi connectivity index (χ1) is 13.5. The summed E-state index contributed by atoms with van der Waals surface area (Å²) in [4.78, 5) is 38.6. The van der Waals surface area contributed by atoms with E-state index in [1.54, 1.807) is 42.5 Å². The molecule has 2 aromatic carbocycles. The number of nitrogens with zero attached hydrogens (tertiary/aromatic N) is 1. The van der Waals surface area contributed by atoms with Crippen molar-refractivity contribution in [3.63, 3.8) is 0 Å². The fraction of sp³-hybridized carbons (Fsp3) is 0.250.